The van der Waals surface area contributed by atoms with Crippen LogP contribution >= 0.6 is 11.6 Å². The van der Waals surface area contributed by atoms with Crippen molar-refractivity contribution in [3.63, 3.8) is 0 Å². The van der Waals surface area contributed by atoms with E-state index in [1.165, 1.54) is 4.57 Å². The Kier molecular flexibility index (Phi) is 4.44. The molecular weight excluding hydrogens is 330 g/mol. The lowest BCUT2D eigenvalue weighted by Gasteiger charge is -2.42. The van der Waals surface area contributed by atoms with Crippen LogP contribution in [0, 0.1) is 5.41 Å². The van der Waals surface area contributed by atoms with Gasteiger partial charge in [-0.2, -0.15) is 0 Å². The third-order valence-electron chi connectivity index (χ3n) is 4.84. The molecule has 1 aromatic carbocycles. The molecule has 0 aliphatic carbocycles. The van der Waals surface area contributed by atoms with Gasteiger partial charge in [-0.05, 0) is 24.0 Å². The smallest absolute Gasteiger partial charge is 0.408 e. The van der Waals surface area contributed by atoms with Crippen molar-refractivity contribution in [3.8, 4) is 0 Å². The van der Waals surface area contributed by atoms with E-state index in [9.17, 15) is 9.59 Å². The summed E-state index contributed by atoms with van der Waals surface area (Å²) in [6, 6.07) is 5.14. The number of carbonyl (C=O) groups is 1. The van der Waals surface area contributed by atoms with Gasteiger partial charge in [-0.15, -0.1) is 0 Å². The van der Waals surface area contributed by atoms with Crippen LogP contribution in [-0.4, -0.2) is 34.5 Å². The van der Waals surface area contributed by atoms with Crippen LogP contribution in [0.25, 0.3) is 11.1 Å². The molecule has 1 aromatic heterocycles. The summed E-state index contributed by atoms with van der Waals surface area (Å²) in [5, 5.41) is 0.506. The molecule has 1 fully saturated rings. The number of likely N-dealkylation sites (tertiary alicyclic amines) is 1. The van der Waals surface area contributed by atoms with E-state index in [4.69, 9.17) is 21.8 Å². The summed E-state index contributed by atoms with van der Waals surface area (Å²) < 4.78 is 6.66. The second kappa shape index (κ2) is 6.26. The molecule has 1 aliphatic rings. The highest BCUT2D eigenvalue weighted by Gasteiger charge is 2.35. The van der Waals surface area contributed by atoms with Gasteiger partial charge in [-0.1, -0.05) is 25.4 Å². The van der Waals surface area contributed by atoms with Crippen LogP contribution in [0.3, 0.4) is 0 Å². The Morgan fingerprint density at radius 2 is 2.21 bits per heavy atom. The number of nitrogens with zero attached hydrogens (tertiary/aromatic N) is 2. The highest BCUT2D eigenvalue weighted by Crippen LogP contribution is 2.28. The van der Waals surface area contributed by atoms with E-state index < -0.39 is 5.76 Å². The van der Waals surface area contributed by atoms with Gasteiger partial charge < -0.3 is 15.1 Å². The predicted octanol–water partition coefficient (Wildman–Crippen LogP) is 2.22. The van der Waals surface area contributed by atoms with Crippen molar-refractivity contribution >= 4 is 28.6 Å². The van der Waals surface area contributed by atoms with Gasteiger partial charge in [0.1, 0.15) is 0 Å². The molecule has 0 radical (unpaired) electrons. The summed E-state index contributed by atoms with van der Waals surface area (Å²) in [5.74, 6) is -0.439. The van der Waals surface area contributed by atoms with Crippen LogP contribution in [-0.2, 0) is 11.3 Å². The van der Waals surface area contributed by atoms with Crippen molar-refractivity contribution in [2.45, 2.75) is 39.3 Å². The predicted molar refractivity (Wildman–Crippen MR) is 93.1 cm³/mol. The molecule has 7 heteroatoms. The third kappa shape index (κ3) is 3.21. The highest BCUT2D eigenvalue weighted by molar-refractivity contribution is 6.31. The average molecular weight is 352 g/mol. The number of piperidine rings is 1. The fourth-order valence-corrected chi connectivity index (χ4v) is 3.37. The minimum Gasteiger partial charge on any atom is -0.408 e. The Balaban J connectivity index is 1.71. The first-order valence-corrected chi connectivity index (χ1v) is 8.48. The Hall–Kier alpha value is -1.79. The molecule has 24 heavy (non-hydrogen) atoms. The molecule has 1 aliphatic heterocycles. The molecule has 6 nitrogen and oxygen atoms in total. The summed E-state index contributed by atoms with van der Waals surface area (Å²) in [4.78, 5) is 26.3. The quantitative estimate of drug-likeness (QED) is 0.919. The van der Waals surface area contributed by atoms with Crippen LogP contribution in [0.1, 0.15) is 26.7 Å². The van der Waals surface area contributed by atoms with Crippen molar-refractivity contribution in [2.75, 3.05) is 13.1 Å². The van der Waals surface area contributed by atoms with Crippen molar-refractivity contribution < 1.29 is 9.21 Å². The lowest BCUT2D eigenvalue weighted by atomic mass is 9.79. The van der Waals surface area contributed by atoms with Crippen molar-refractivity contribution in [2.24, 2.45) is 11.1 Å². The number of aromatic nitrogens is 1. The van der Waals surface area contributed by atoms with Crippen LogP contribution in [0.4, 0.5) is 0 Å². The van der Waals surface area contributed by atoms with Gasteiger partial charge in [0.2, 0.25) is 5.91 Å². The molecule has 130 valence electrons. The molecule has 2 aromatic rings. The Labute approximate surface area is 145 Å². The second-order valence-corrected chi connectivity index (χ2v) is 7.52. The van der Waals surface area contributed by atoms with E-state index in [1.54, 1.807) is 18.2 Å². The number of hydrogen-bond acceptors (Lipinski definition) is 4. The van der Waals surface area contributed by atoms with Crippen LogP contribution < -0.4 is 11.5 Å². The molecule has 0 saturated carbocycles. The van der Waals surface area contributed by atoms with E-state index in [0.29, 0.717) is 29.2 Å². The monoisotopic (exact) mass is 351 g/mol. The fraction of sp³-hybridized carbons (Fsp3) is 0.529. The number of amides is 1. The topological polar surface area (TPSA) is 81.5 Å². The Morgan fingerprint density at radius 3 is 2.92 bits per heavy atom. The molecule has 1 unspecified atom stereocenters. The molecule has 1 saturated heterocycles. The summed E-state index contributed by atoms with van der Waals surface area (Å²) >= 11 is 5.91. The van der Waals surface area contributed by atoms with Gasteiger partial charge in [-0.3, -0.25) is 9.36 Å². The summed E-state index contributed by atoms with van der Waals surface area (Å²) in [7, 11) is 0. The lowest BCUT2D eigenvalue weighted by molar-refractivity contribution is -0.134. The van der Waals surface area contributed by atoms with Gasteiger partial charge in [0.25, 0.3) is 0 Å². The van der Waals surface area contributed by atoms with Gasteiger partial charge in [0, 0.05) is 43.2 Å². The maximum absolute atomic E-state index is 12.5. The average Bonchev–Trinajstić information content (AvgIpc) is 2.82. The van der Waals surface area contributed by atoms with Gasteiger partial charge in [0.15, 0.2) is 5.58 Å². The van der Waals surface area contributed by atoms with E-state index in [-0.39, 0.29) is 30.3 Å². The first-order valence-electron chi connectivity index (χ1n) is 8.10. The second-order valence-electron chi connectivity index (χ2n) is 7.08. The third-order valence-corrected chi connectivity index (χ3v) is 5.08. The Bertz CT molecular complexity index is 824. The van der Waals surface area contributed by atoms with Crippen molar-refractivity contribution in [1.82, 2.24) is 9.47 Å². The summed E-state index contributed by atoms with van der Waals surface area (Å²) in [6.07, 6.45) is 1.05. The SMILES string of the molecule is CC1(C)CN(C(=O)CCn2c(=O)oc3cc(Cl)ccc32)CCC1N. The minimum absolute atomic E-state index is 0.0326. The first kappa shape index (κ1) is 17.0. The molecule has 2 N–H and O–H groups in total. The van der Waals surface area contributed by atoms with E-state index in [0.717, 1.165) is 6.42 Å². The fourth-order valence-electron chi connectivity index (χ4n) is 3.20. The number of aryl methyl sites for hydroxylation is 1. The zero-order chi connectivity index (χ0) is 17.5. The number of hydrogen-bond donors (Lipinski definition) is 1. The number of oxazole rings is 1. The maximum Gasteiger partial charge on any atom is 0.419 e. The largest absolute Gasteiger partial charge is 0.419 e. The number of benzene rings is 1. The number of nitrogens with two attached hydrogens (primary N) is 1. The van der Waals surface area contributed by atoms with E-state index in [2.05, 4.69) is 13.8 Å². The number of carbonyl (C=O) groups excluding carboxylic acids is 1. The maximum atomic E-state index is 12.5. The molecule has 3 rings (SSSR count). The van der Waals surface area contributed by atoms with Crippen molar-refractivity contribution in [1.29, 1.82) is 0 Å². The van der Waals surface area contributed by atoms with E-state index in [1.807, 2.05) is 4.90 Å². The molecule has 0 bridgehead atoms. The number of halogens is 1. The number of rotatable bonds is 3. The molecule has 1 atom stereocenters. The summed E-state index contributed by atoms with van der Waals surface area (Å²) in [6.45, 7) is 5.75. The first-order chi connectivity index (χ1) is 11.3. The van der Waals surface area contributed by atoms with Crippen LogP contribution in [0.2, 0.25) is 5.02 Å². The van der Waals surface area contributed by atoms with Crippen molar-refractivity contribution in [3.05, 3.63) is 33.8 Å². The van der Waals surface area contributed by atoms with Gasteiger partial charge in [0.05, 0.1) is 5.52 Å². The normalized spacial score (nSPS) is 20.5. The number of fused-ring (bicyclic) bond motifs is 1. The molecular formula is C17H22ClN3O3. The summed E-state index contributed by atoms with van der Waals surface area (Å²) in [5.41, 5.74) is 7.11. The zero-order valence-corrected chi connectivity index (χ0v) is 14.7. The lowest BCUT2D eigenvalue weighted by Crippen LogP contribution is -2.54. The zero-order valence-electron chi connectivity index (χ0n) is 13.9. The standard InChI is InChI=1S/C17H22ClN3O3/c1-17(2)10-20(7-5-14(17)19)15(22)6-8-21-12-4-3-11(18)9-13(12)24-16(21)23/h3-4,9,14H,5-8,10,19H2,1-2H3. The minimum atomic E-state index is -0.471. The molecule has 2 heterocycles. The molecule has 0 spiro atoms. The van der Waals surface area contributed by atoms with Crippen LogP contribution in [0.15, 0.2) is 27.4 Å². The van der Waals surface area contributed by atoms with Crippen LogP contribution in [0.5, 0.6) is 0 Å². The molecule has 1 amide bonds. The Morgan fingerprint density at radius 1 is 1.46 bits per heavy atom. The van der Waals surface area contributed by atoms with Gasteiger partial charge in [-0.25, -0.2) is 4.79 Å². The van der Waals surface area contributed by atoms with Gasteiger partial charge >= 0.3 is 5.76 Å². The highest BCUT2D eigenvalue weighted by atomic mass is 35.5. The van der Waals surface area contributed by atoms with E-state index >= 15 is 0 Å².